The minimum atomic E-state index is -0.279. The Morgan fingerprint density at radius 2 is 1.92 bits per heavy atom. The van der Waals surface area contributed by atoms with E-state index in [1.807, 2.05) is 13.8 Å². The van der Waals surface area contributed by atoms with E-state index < -0.39 is 0 Å². The van der Waals surface area contributed by atoms with Crippen LogP contribution in [0.1, 0.15) is 21.5 Å². The first kappa shape index (κ1) is 16.3. The van der Waals surface area contributed by atoms with Gasteiger partial charge in [-0.25, -0.2) is 4.98 Å². The molecule has 0 aliphatic heterocycles. The normalized spacial score (nSPS) is 10.7. The van der Waals surface area contributed by atoms with Gasteiger partial charge in [0.2, 0.25) is 0 Å². The third kappa shape index (κ3) is 3.05. The number of carbonyl (C=O) groups excluding carboxylic acids is 1. The van der Waals surface area contributed by atoms with Crippen LogP contribution in [0.25, 0.3) is 10.2 Å². The molecular weight excluding hydrogens is 324 g/mol. The van der Waals surface area contributed by atoms with E-state index in [4.69, 9.17) is 9.47 Å². The number of fused-ring (bicyclic) bond motifs is 1. The summed E-state index contributed by atoms with van der Waals surface area (Å²) in [6.45, 7) is 4.07. The summed E-state index contributed by atoms with van der Waals surface area (Å²) in [5, 5.41) is 3.42. The molecule has 0 aliphatic rings. The number of nitrogens with zero attached hydrogens (tertiary/aromatic N) is 1. The summed E-state index contributed by atoms with van der Waals surface area (Å²) in [5.41, 5.74) is 3.60. The van der Waals surface area contributed by atoms with Crippen LogP contribution >= 0.6 is 11.3 Å². The van der Waals surface area contributed by atoms with Gasteiger partial charge in [0.25, 0.3) is 5.91 Å². The molecule has 3 rings (SSSR count). The number of rotatable bonds is 4. The maximum absolute atomic E-state index is 12.6. The van der Waals surface area contributed by atoms with Crippen molar-refractivity contribution in [1.82, 2.24) is 4.98 Å². The first-order valence-corrected chi connectivity index (χ1v) is 8.24. The van der Waals surface area contributed by atoms with Gasteiger partial charge in [-0.15, -0.1) is 0 Å². The summed E-state index contributed by atoms with van der Waals surface area (Å²) in [6, 6.07) is 9.26. The summed E-state index contributed by atoms with van der Waals surface area (Å²) in [5.74, 6) is 0.803. The molecule has 6 heteroatoms. The number of amides is 1. The van der Waals surface area contributed by atoms with E-state index in [1.54, 1.807) is 25.3 Å². The van der Waals surface area contributed by atoms with E-state index >= 15 is 0 Å². The maximum atomic E-state index is 12.6. The van der Waals surface area contributed by atoms with Crippen LogP contribution < -0.4 is 14.8 Å². The van der Waals surface area contributed by atoms with Crippen molar-refractivity contribution in [2.75, 3.05) is 19.5 Å². The molecule has 0 saturated heterocycles. The lowest BCUT2D eigenvalue weighted by molar-refractivity contribution is 0.102. The highest BCUT2D eigenvalue weighted by Gasteiger charge is 2.16. The third-order valence-electron chi connectivity index (χ3n) is 3.70. The summed E-state index contributed by atoms with van der Waals surface area (Å²) < 4.78 is 11.5. The van der Waals surface area contributed by atoms with E-state index in [0.29, 0.717) is 22.2 Å². The van der Waals surface area contributed by atoms with Crippen molar-refractivity contribution < 1.29 is 14.3 Å². The summed E-state index contributed by atoms with van der Waals surface area (Å²) in [7, 11) is 3.09. The number of hydrogen-bond acceptors (Lipinski definition) is 5. The average Bonchev–Trinajstić information content (AvgIpc) is 2.96. The van der Waals surface area contributed by atoms with E-state index in [-0.39, 0.29) is 5.91 Å². The van der Waals surface area contributed by atoms with E-state index in [0.717, 1.165) is 15.8 Å². The highest BCUT2D eigenvalue weighted by Crippen LogP contribution is 2.31. The molecule has 0 unspecified atom stereocenters. The topological polar surface area (TPSA) is 60.5 Å². The molecule has 1 amide bonds. The molecular formula is C18H18N2O3S. The molecule has 5 nitrogen and oxygen atoms in total. The van der Waals surface area contributed by atoms with Crippen LogP contribution in [-0.2, 0) is 0 Å². The Balaban J connectivity index is 1.94. The molecule has 0 radical (unpaired) electrons. The van der Waals surface area contributed by atoms with Gasteiger partial charge in [-0.1, -0.05) is 17.4 Å². The molecule has 24 heavy (non-hydrogen) atoms. The van der Waals surface area contributed by atoms with Gasteiger partial charge in [-0.3, -0.25) is 10.1 Å². The van der Waals surface area contributed by atoms with Crippen molar-refractivity contribution in [3.8, 4) is 11.5 Å². The molecule has 2 aromatic carbocycles. The standard InChI is InChI=1S/C18H18N2O3S/c1-10-7-11(2)16-15(8-10)24-18(19-16)20-17(21)13-9-12(22-3)5-6-14(13)23-4/h5-9H,1-4H3,(H,19,20,21). The lowest BCUT2D eigenvalue weighted by Gasteiger charge is -2.09. The van der Waals surface area contributed by atoms with E-state index in [2.05, 4.69) is 22.4 Å². The molecule has 3 aromatic rings. The first-order chi connectivity index (χ1) is 11.5. The Morgan fingerprint density at radius 3 is 2.62 bits per heavy atom. The van der Waals surface area contributed by atoms with Crippen molar-refractivity contribution in [2.24, 2.45) is 0 Å². The summed E-state index contributed by atoms with van der Waals surface area (Å²) in [6.07, 6.45) is 0. The number of nitrogens with one attached hydrogen (secondary N) is 1. The summed E-state index contributed by atoms with van der Waals surface area (Å²) in [4.78, 5) is 17.1. The molecule has 0 bridgehead atoms. The SMILES string of the molecule is COc1ccc(OC)c(C(=O)Nc2nc3c(C)cc(C)cc3s2)c1. The number of anilines is 1. The predicted octanol–water partition coefficient (Wildman–Crippen LogP) is 4.18. The molecule has 1 aromatic heterocycles. The number of carbonyl (C=O) groups is 1. The smallest absolute Gasteiger partial charge is 0.261 e. The Morgan fingerprint density at radius 1 is 1.12 bits per heavy atom. The number of methoxy groups -OCH3 is 2. The Bertz CT molecular complexity index is 918. The van der Waals surface area contributed by atoms with Crippen molar-refractivity contribution in [2.45, 2.75) is 13.8 Å². The second kappa shape index (κ2) is 6.49. The first-order valence-electron chi connectivity index (χ1n) is 7.43. The second-order valence-electron chi connectivity index (χ2n) is 5.47. The number of hydrogen-bond donors (Lipinski definition) is 1. The van der Waals surface area contributed by atoms with E-state index in [1.165, 1.54) is 24.0 Å². The van der Waals surface area contributed by atoms with Crippen molar-refractivity contribution in [1.29, 1.82) is 0 Å². The lowest BCUT2D eigenvalue weighted by atomic mass is 10.1. The molecule has 0 aliphatic carbocycles. The van der Waals surface area contributed by atoms with Gasteiger partial charge in [0.1, 0.15) is 11.5 Å². The minimum absolute atomic E-state index is 0.279. The van der Waals surface area contributed by atoms with Crippen LogP contribution in [0.5, 0.6) is 11.5 Å². The van der Waals surface area contributed by atoms with Crippen LogP contribution in [0.15, 0.2) is 30.3 Å². The van der Waals surface area contributed by atoms with Gasteiger partial charge >= 0.3 is 0 Å². The quantitative estimate of drug-likeness (QED) is 0.772. The maximum Gasteiger partial charge on any atom is 0.261 e. The van der Waals surface area contributed by atoms with Crippen molar-refractivity contribution >= 4 is 32.6 Å². The van der Waals surface area contributed by atoms with Crippen LogP contribution in [0, 0.1) is 13.8 Å². The average molecular weight is 342 g/mol. The zero-order chi connectivity index (χ0) is 17.3. The van der Waals surface area contributed by atoms with E-state index in [9.17, 15) is 4.79 Å². The molecule has 0 saturated carbocycles. The van der Waals surface area contributed by atoms with Crippen LogP contribution in [0.4, 0.5) is 5.13 Å². The number of aryl methyl sites for hydroxylation is 2. The minimum Gasteiger partial charge on any atom is -0.497 e. The lowest BCUT2D eigenvalue weighted by Crippen LogP contribution is -2.13. The fourth-order valence-electron chi connectivity index (χ4n) is 2.58. The van der Waals surface area contributed by atoms with Gasteiger partial charge in [0, 0.05) is 0 Å². The zero-order valence-corrected chi connectivity index (χ0v) is 14.8. The Kier molecular flexibility index (Phi) is 4.40. The largest absolute Gasteiger partial charge is 0.497 e. The zero-order valence-electron chi connectivity index (χ0n) is 14.0. The number of ether oxygens (including phenoxy) is 2. The number of thiazole rings is 1. The van der Waals surface area contributed by atoms with Gasteiger partial charge in [0.15, 0.2) is 5.13 Å². The molecule has 1 heterocycles. The van der Waals surface area contributed by atoms with Crippen LogP contribution in [0.2, 0.25) is 0 Å². The fourth-order valence-corrected chi connectivity index (χ4v) is 3.62. The molecule has 0 atom stereocenters. The van der Waals surface area contributed by atoms with Gasteiger partial charge in [-0.05, 0) is 49.2 Å². The second-order valence-corrected chi connectivity index (χ2v) is 6.50. The highest BCUT2D eigenvalue weighted by atomic mass is 32.1. The van der Waals surface area contributed by atoms with Crippen molar-refractivity contribution in [3.05, 3.63) is 47.0 Å². The third-order valence-corrected chi connectivity index (χ3v) is 4.62. The molecule has 0 fully saturated rings. The van der Waals surface area contributed by atoms with Crippen LogP contribution in [0.3, 0.4) is 0 Å². The Labute approximate surface area is 144 Å². The monoisotopic (exact) mass is 342 g/mol. The summed E-state index contributed by atoms with van der Waals surface area (Å²) >= 11 is 1.46. The number of benzene rings is 2. The van der Waals surface area contributed by atoms with Gasteiger partial charge < -0.3 is 9.47 Å². The predicted molar refractivity (Wildman–Crippen MR) is 96.6 cm³/mol. The highest BCUT2D eigenvalue weighted by molar-refractivity contribution is 7.22. The van der Waals surface area contributed by atoms with Gasteiger partial charge in [-0.2, -0.15) is 0 Å². The number of aromatic nitrogens is 1. The molecule has 124 valence electrons. The molecule has 1 N–H and O–H groups in total. The van der Waals surface area contributed by atoms with Gasteiger partial charge in [0.05, 0.1) is 30.0 Å². The fraction of sp³-hybridized carbons (Fsp3) is 0.222. The van der Waals surface area contributed by atoms with Crippen molar-refractivity contribution in [3.63, 3.8) is 0 Å². The van der Waals surface area contributed by atoms with Crippen LogP contribution in [-0.4, -0.2) is 25.1 Å². The molecule has 0 spiro atoms. The Hall–Kier alpha value is -2.60.